The summed E-state index contributed by atoms with van der Waals surface area (Å²) in [6.45, 7) is 0. The Morgan fingerprint density at radius 2 is 1.04 bits per heavy atom. The van der Waals surface area contributed by atoms with Gasteiger partial charge in [-0.05, 0) is 54.6 Å². The van der Waals surface area contributed by atoms with E-state index in [4.69, 9.17) is 9.40 Å². The average molecular weight is 681 g/mol. The van der Waals surface area contributed by atoms with Gasteiger partial charge in [0.15, 0.2) is 0 Å². The van der Waals surface area contributed by atoms with Crippen LogP contribution in [0.15, 0.2) is 150 Å². The van der Waals surface area contributed by atoms with Crippen LogP contribution in [0.1, 0.15) is 0 Å². The van der Waals surface area contributed by atoms with E-state index >= 15 is 0 Å². The summed E-state index contributed by atoms with van der Waals surface area (Å²) in [6.07, 6.45) is 0. The molecule has 6 heteroatoms. The maximum Gasteiger partial charge on any atom is 0.139 e. The van der Waals surface area contributed by atoms with E-state index in [0.717, 1.165) is 59.8 Å². The molecule has 4 aromatic heterocycles. The van der Waals surface area contributed by atoms with Gasteiger partial charge in [0.05, 0.1) is 10.4 Å². The molecular weight excluding hydrogens is 657 g/mol. The molecule has 0 saturated carbocycles. The SMILES string of the molecule is c1ccc(-c2nc3c(N(c4ccc5sc6ccccc6c5c4)c4ccc5sc6ccccc6c5c4)cc4oc5ccccc5c4c3s2)cc1. The summed E-state index contributed by atoms with van der Waals surface area (Å²) in [6, 6.07) is 52.2. The number of rotatable bonds is 4. The monoisotopic (exact) mass is 680 g/mol. The summed E-state index contributed by atoms with van der Waals surface area (Å²) in [7, 11) is 0. The lowest BCUT2D eigenvalue weighted by molar-refractivity contribution is 0.669. The number of para-hydroxylation sites is 1. The van der Waals surface area contributed by atoms with Crippen LogP contribution in [-0.4, -0.2) is 4.98 Å². The summed E-state index contributed by atoms with van der Waals surface area (Å²) in [4.78, 5) is 7.83. The van der Waals surface area contributed by atoms with Gasteiger partial charge < -0.3 is 9.32 Å². The van der Waals surface area contributed by atoms with Gasteiger partial charge in [0.2, 0.25) is 0 Å². The fraction of sp³-hybridized carbons (Fsp3) is 0. The summed E-state index contributed by atoms with van der Waals surface area (Å²) in [5.41, 5.74) is 6.99. The van der Waals surface area contributed by atoms with Crippen LogP contribution >= 0.6 is 34.0 Å². The molecule has 0 aliphatic rings. The standard InChI is InChI=1S/C43H24N2OS3/c1-2-10-25(11-3-1)43-44-41-33(24-35-40(42(41)49-43)30-14-4-7-15-34(30)46-35)45(26-18-20-38-31(22-26)28-12-5-8-16-36(28)47-38)27-19-21-39-32(23-27)29-13-6-9-17-37(29)48-39/h1-24H. The summed E-state index contributed by atoms with van der Waals surface area (Å²) >= 11 is 5.42. The predicted octanol–water partition coefficient (Wildman–Crippen LogP) is 14.1. The first-order valence-corrected chi connectivity index (χ1v) is 18.6. The van der Waals surface area contributed by atoms with Crippen molar-refractivity contribution in [2.45, 2.75) is 0 Å². The van der Waals surface area contributed by atoms with Crippen LogP contribution in [-0.2, 0) is 0 Å². The molecule has 11 aromatic rings. The number of fused-ring (bicyclic) bond motifs is 11. The Morgan fingerprint density at radius 3 is 1.71 bits per heavy atom. The third kappa shape index (κ3) is 4.15. The van der Waals surface area contributed by atoms with Gasteiger partial charge in [-0.3, -0.25) is 0 Å². The number of nitrogens with zero attached hydrogens (tertiary/aromatic N) is 2. The van der Waals surface area contributed by atoms with Crippen molar-refractivity contribution in [3.05, 3.63) is 146 Å². The first-order chi connectivity index (χ1) is 24.3. The maximum atomic E-state index is 6.62. The van der Waals surface area contributed by atoms with Crippen molar-refractivity contribution in [1.82, 2.24) is 4.98 Å². The fourth-order valence-corrected chi connectivity index (χ4v) is 10.6. The molecule has 4 heterocycles. The Hall–Kier alpha value is -5.53. The number of aromatic nitrogens is 1. The molecule has 0 bridgehead atoms. The van der Waals surface area contributed by atoms with Crippen molar-refractivity contribution in [2.75, 3.05) is 4.90 Å². The van der Waals surface area contributed by atoms with Crippen molar-refractivity contribution in [1.29, 1.82) is 0 Å². The van der Waals surface area contributed by atoms with Crippen LogP contribution < -0.4 is 4.90 Å². The molecule has 0 amide bonds. The number of furan rings is 1. The Morgan fingerprint density at radius 1 is 0.469 bits per heavy atom. The first-order valence-electron chi connectivity index (χ1n) is 16.2. The molecule has 0 N–H and O–H groups in total. The number of hydrogen-bond donors (Lipinski definition) is 0. The van der Waals surface area contributed by atoms with Crippen LogP contribution in [0.25, 0.3) is 83.1 Å². The fourth-order valence-electron chi connectivity index (χ4n) is 7.26. The van der Waals surface area contributed by atoms with Gasteiger partial charge in [0.1, 0.15) is 21.7 Å². The van der Waals surface area contributed by atoms with Crippen molar-refractivity contribution >= 4 is 124 Å². The molecule has 0 fully saturated rings. The van der Waals surface area contributed by atoms with Crippen LogP contribution in [0.5, 0.6) is 0 Å². The second-order valence-corrected chi connectivity index (χ2v) is 15.5. The molecule has 0 unspecified atom stereocenters. The Kier molecular flexibility index (Phi) is 5.87. The number of benzene rings is 7. The number of anilines is 3. The average Bonchev–Trinajstić information content (AvgIpc) is 3.93. The summed E-state index contributed by atoms with van der Waals surface area (Å²) in [5, 5.41) is 8.30. The molecule has 0 saturated heterocycles. The van der Waals surface area contributed by atoms with E-state index in [-0.39, 0.29) is 0 Å². The van der Waals surface area contributed by atoms with Crippen molar-refractivity contribution in [2.24, 2.45) is 0 Å². The third-order valence-corrected chi connectivity index (χ3v) is 12.9. The smallest absolute Gasteiger partial charge is 0.139 e. The van der Waals surface area contributed by atoms with E-state index in [1.165, 1.54) is 40.3 Å². The van der Waals surface area contributed by atoms with Crippen LogP contribution in [0.4, 0.5) is 17.1 Å². The molecule has 0 aliphatic heterocycles. The van der Waals surface area contributed by atoms with E-state index in [1.54, 1.807) is 11.3 Å². The van der Waals surface area contributed by atoms with Crippen molar-refractivity contribution in [3.63, 3.8) is 0 Å². The molecule has 49 heavy (non-hydrogen) atoms. The first kappa shape index (κ1) is 27.4. The van der Waals surface area contributed by atoms with Gasteiger partial charge in [-0.25, -0.2) is 4.98 Å². The lowest BCUT2D eigenvalue weighted by Gasteiger charge is -2.26. The summed E-state index contributed by atoms with van der Waals surface area (Å²) in [5.74, 6) is 0. The Labute approximate surface area is 292 Å². The zero-order chi connectivity index (χ0) is 32.1. The highest BCUT2D eigenvalue weighted by atomic mass is 32.1. The molecule has 230 valence electrons. The lowest BCUT2D eigenvalue weighted by Crippen LogP contribution is -2.10. The quantitative estimate of drug-likeness (QED) is 0.185. The van der Waals surface area contributed by atoms with E-state index in [1.807, 2.05) is 28.7 Å². The third-order valence-electron chi connectivity index (χ3n) is 9.49. The molecule has 11 rings (SSSR count). The highest BCUT2D eigenvalue weighted by Gasteiger charge is 2.25. The van der Waals surface area contributed by atoms with E-state index in [9.17, 15) is 0 Å². The molecule has 0 aliphatic carbocycles. The van der Waals surface area contributed by atoms with Gasteiger partial charge in [-0.15, -0.1) is 34.0 Å². The molecule has 0 spiro atoms. The minimum atomic E-state index is 0.862. The Balaban J connectivity index is 1.25. The largest absolute Gasteiger partial charge is 0.456 e. The van der Waals surface area contributed by atoms with Crippen LogP contribution in [0, 0.1) is 0 Å². The zero-order valence-electron chi connectivity index (χ0n) is 25.9. The maximum absolute atomic E-state index is 6.62. The topological polar surface area (TPSA) is 29.3 Å². The van der Waals surface area contributed by atoms with E-state index in [0.29, 0.717) is 0 Å². The molecule has 0 radical (unpaired) electrons. The normalized spacial score (nSPS) is 12.1. The molecular formula is C43H24N2OS3. The summed E-state index contributed by atoms with van der Waals surface area (Å²) < 4.78 is 12.9. The number of thiazole rings is 1. The molecule has 0 atom stereocenters. The minimum Gasteiger partial charge on any atom is -0.456 e. The number of hydrogen-bond acceptors (Lipinski definition) is 6. The van der Waals surface area contributed by atoms with Gasteiger partial charge >= 0.3 is 0 Å². The molecule has 7 aromatic carbocycles. The van der Waals surface area contributed by atoms with Gasteiger partial charge in [0.25, 0.3) is 0 Å². The van der Waals surface area contributed by atoms with Gasteiger partial charge in [-0.1, -0.05) is 84.9 Å². The van der Waals surface area contributed by atoms with Crippen molar-refractivity contribution in [3.8, 4) is 10.6 Å². The van der Waals surface area contributed by atoms with E-state index in [2.05, 4.69) is 144 Å². The van der Waals surface area contributed by atoms with Crippen LogP contribution in [0.2, 0.25) is 0 Å². The number of thiophene rings is 2. The van der Waals surface area contributed by atoms with Gasteiger partial charge in [-0.2, -0.15) is 0 Å². The second-order valence-electron chi connectivity index (χ2n) is 12.3. The lowest BCUT2D eigenvalue weighted by atomic mass is 10.1. The molecule has 3 nitrogen and oxygen atoms in total. The Bertz CT molecular complexity index is 2960. The predicted molar refractivity (Wildman–Crippen MR) is 213 cm³/mol. The van der Waals surface area contributed by atoms with E-state index < -0.39 is 0 Å². The van der Waals surface area contributed by atoms with Crippen molar-refractivity contribution < 1.29 is 4.42 Å². The van der Waals surface area contributed by atoms with Gasteiger partial charge in [0, 0.05) is 74.1 Å². The second kappa shape index (κ2) is 10.5. The highest BCUT2D eigenvalue weighted by molar-refractivity contribution is 7.26. The zero-order valence-corrected chi connectivity index (χ0v) is 28.3. The highest BCUT2D eigenvalue weighted by Crippen LogP contribution is 2.49. The van der Waals surface area contributed by atoms with Crippen LogP contribution in [0.3, 0.4) is 0 Å². The minimum absolute atomic E-state index is 0.862.